The third kappa shape index (κ3) is 3.64. The lowest BCUT2D eigenvalue weighted by atomic mass is 10.2. The molecule has 0 atom stereocenters. The van der Waals surface area contributed by atoms with E-state index in [2.05, 4.69) is 24.4 Å². The molecule has 1 aliphatic heterocycles. The average Bonchev–Trinajstić information content (AvgIpc) is 2.58. The molecule has 0 saturated carbocycles. The van der Waals surface area contributed by atoms with Gasteiger partial charge in [-0.15, -0.1) is 0 Å². The molecule has 0 spiro atoms. The van der Waals surface area contributed by atoms with Crippen LogP contribution in [0.1, 0.15) is 18.9 Å². The SMILES string of the molecule is CCCOc1cccc(CNc2ccc3c(c2)OCCO3)c1. The Kier molecular flexibility index (Phi) is 4.68. The van der Waals surface area contributed by atoms with E-state index in [4.69, 9.17) is 14.2 Å². The second kappa shape index (κ2) is 7.07. The van der Waals surface area contributed by atoms with Gasteiger partial charge in [-0.25, -0.2) is 0 Å². The minimum absolute atomic E-state index is 0.604. The van der Waals surface area contributed by atoms with Gasteiger partial charge in [0.2, 0.25) is 0 Å². The minimum atomic E-state index is 0.604. The predicted octanol–water partition coefficient (Wildman–Crippen LogP) is 3.86. The molecule has 1 heterocycles. The summed E-state index contributed by atoms with van der Waals surface area (Å²) in [6.07, 6.45) is 1.01. The van der Waals surface area contributed by atoms with Gasteiger partial charge in [0.05, 0.1) is 6.61 Å². The molecule has 0 unspecified atom stereocenters. The first-order valence-corrected chi connectivity index (χ1v) is 7.70. The smallest absolute Gasteiger partial charge is 0.163 e. The van der Waals surface area contributed by atoms with Crippen molar-refractivity contribution in [2.75, 3.05) is 25.1 Å². The molecule has 4 heteroatoms. The maximum Gasteiger partial charge on any atom is 0.163 e. The second-order valence-corrected chi connectivity index (χ2v) is 5.21. The standard InChI is InChI=1S/C18H21NO3/c1-2-8-20-16-5-3-4-14(11-16)13-19-15-6-7-17-18(12-15)22-10-9-21-17/h3-7,11-12,19H,2,8-10,13H2,1H3. The highest BCUT2D eigenvalue weighted by Gasteiger charge is 2.11. The van der Waals surface area contributed by atoms with Gasteiger partial charge in [-0.2, -0.15) is 0 Å². The Morgan fingerprint density at radius 3 is 2.77 bits per heavy atom. The van der Waals surface area contributed by atoms with Crippen molar-refractivity contribution in [1.82, 2.24) is 0 Å². The molecule has 0 aromatic heterocycles. The summed E-state index contributed by atoms with van der Waals surface area (Å²) in [4.78, 5) is 0. The maximum absolute atomic E-state index is 5.66. The maximum atomic E-state index is 5.66. The Labute approximate surface area is 131 Å². The summed E-state index contributed by atoms with van der Waals surface area (Å²) < 4.78 is 16.8. The van der Waals surface area contributed by atoms with Crippen molar-refractivity contribution < 1.29 is 14.2 Å². The van der Waals surface area contributed by atoms with Gasteiger partial charge in [-0.05, 0) is 36.2 Å². The van der Waals surface area contributed by atoms with Crippen LogP contribution in [0, 0.1) is 0 Å². The summed E-state index contributed by atoms with van der Waals surface area (Å²) in [5.41, 5.74) is 2.20. The summed E-state index contributed by atoms with van der Waals surface area (Å²) >= 11 is 0. The van der Waals surface area contributed by atoms with E-state index in [-0.39, 0.29) is 0 Å². The van der Waals surface area contributed by atoms with Gasteiger partial charge in [0.1, 0.15) is 19.0 Å². The van der Waals surface area contributed by atoms with Crippen LogP contribution in [0.5, 0.6) is 17.2 Å². The molecule has 22 heavy (non-hydrogen) atoms. The van der Waals surface area contributed by atoms with E-state index in [0.29, 0.717) is 13.2 Å². The van der Waals surface area contributed by atoms with Crippen molar-refractivity contribution in [2.24, 2.45) is 0 Å². The number of ether oxygens (including phenoxy) is 3. The summed E-state index contributed by atoms with van der Waals surface area (Å²) in [5, 5.41) is 3.40. The highest BCUT2D eigenvalue weighted by Crippen LogP contribution is 2.32. The van der Waals surface area contributed by atoms with Crippen LogP contribution in [0.15, 0.2) is 42.5 Å². The van der Waals surface area contributed by atoms with Crippen molar-refractivity contribution in [2.45, 2.75) is 19.9 Å². The van der Waals surface area contributed by atoms with Gasteiger partial charge in [-0.3, -0.25) is 0 Å². The highest BCUT2D eigenvalue weighted by molar-refractivity contribution is 5.55. The normalized spacial score (nSPS) is 12.8. The van der Waals surface area contributed by atoms with Gasteiger partial charge >= 0.3 is 0 Å². The van der Waals surface area contributed by atoms with E-state index in [1.807, 2.05) is 30.3 Å². The molecule has 4 nitrogen and oxygen atoms in total. The Hall–Kier alpha value is -2.36. The van der Waals surface area contributed by atoms with Crippen molar-refractivity contribution in [3.05, 3.63) is 48.0 Å². The Morgan fingerprint density at radius 1 is 1.05 bits per heavy atom. The van der Waals surface area contributed by atoms with Gasteiger partial charge in [0.15, 0.2) is 11.5 Å². The average molecular weight is 299 g/mol. The number of hydrogen-bond donors (Lipinski definition) is 1. The van der Waals surface area contributed by atoms with Crippen molar-refractivity contribution in [3.8, 4) is 17.2 Å². The van der Waals surface area contributed by atoms with E-state index >= 15 is 0 Å². The Bertz CT molecular complexity index is 627. The van der Waals surface area contributed by atoms with E-state index in [1.54, 1.807) is 0 Å². The zero-order chi connectivity index (χ0) is 15.2. The topological polar surface area (TPSA) is 39.7 Å². The number of hydrogen-bond acceptors (Lipinski definition) is 4. The third-order valence-electron chi connectivity index (χ3n) is 3.41. The van der Waals surface area contributed by atoms with Gasteiger partial charge < -0.3 is 19.5 Å². The van der Waals surface area contributed by atoms with E-state index in [0.717, 1.165) is 42.5 Å². The molecule has 0 fully saturated rings. The molecule has 2 aromatic rings. The fourth-order valence-electron chi connectivity index (χ4n) is 2.32. The molecule has 1 N–H and O–H groups in total. The Morgan fingerprint density at radius 2 is 1.91 bits per heavy atom. The third-order valence-corrected chi connectivity index (χ3v) is 3.41. The quantitative estimate of drug-likeness (QED) is 0.879. The number of rotatable bonds is 6. The molecule has 1 aliphatic rings. The zero-order valence-electron chi connectivity index (χ0n) is 12.8. The van der Waals surface area contributed by atoms with Gasteiger partial charge in [-0.1, -0.05) is 19.1 Å². The second-order valence-electron chi connectivity index (χ2n) is 5.21. The number of fused-ring (bicyclic) bond motifs is 1. The van der Waals surface area contributed by atoms with Gasteiger partial charge in [0, 0.05) is 18.3 Å². The van der Waals surface area contributed by atoms with E-state index in [1.165, 1.54) is 5.56 Å². The van der Waals surface area contributed by atoms with Crippen molar-refractivity contribution in [1.29, 1.82) is 0 Å². The summed E-state index contributed by atoms with van der Waals surface area (Å²) in [6.45, 7) is 4.81. The molecule has 0 amide bonds. The van der Waals surface area contributed by atoms with Crippen LogP contribution in [0.3, 0.4) is 0 Å². The molecule has 2 aromatic carbocycles. The molecule has 0 bridgehead atoms. The molecular weight excluding hydrogens is 278 g/mol. The van der Waals surface area contributed by atoms with Crippen molar-refractivity contribution in [3.63, 3.8) is 0 Å². The molecule has 0 aliphatic carbocycles. The summed E-state index contributed by atoms with van der Waals surface area (Å²) in [6, 6.07) is 14.1. The predicted molar refractivity (Wildman–Crippen MR) is 87.0 cm³/mol. The Balaban J connectivity index is 1.62. The first kappa shape index (κ1) is 14.6. The summed E-state index contributed by atoms with van der Waals surface area (Å²) in [7, 11) is 0. The fourth-order valence-corrected chi connectivity index (χ4v) is 2.32. The lowest BCUT2D eigenvalue weighted by Gasteiger charge is -2.19. The van der Waals surface area contributed by atoms with Crippen LogP contribution in [-0.4, -0.2) is 19.8 Å². The first-order chi connectivity index (χ1) is 10.8. The lowest BCUT2D eigenvalue weighted by molar-refractivity contribution is 0.171. The van der Waals surface area contributed by atoms with Crippen LogP contribution in [0.2, 0.25) is 0 Å². The van der Waals surface area contributed by atoms with Crippen molar-refractivity contribution >= 4 is 5.69 Å². The monoisotopic (exact) mass is 299 g/mol. The largest absolute Gasteiger partial charge is 0.494 e. The van der Waals surface area contributed by atoms with Crippen LogP contribution >= 0.6 is 0 Å². The first-order valence-electron chi connectivity index (χ1n) is 7.70. The van der Waals surface area contributed by atoms with Crippen LogP contribution in [0.4, 0.5) is 5.69 Å². The molecule has 3 rings (SSSR count). The number of nitrogens with one attached hydrogen (secondary N) is 1. The molecule has 0 radical (unpaired) electrons. The zero-order valence-corrected chi connectivity index (χ0v) is 12.8. The number of anilines is 1. The summed E-state index contributed by atoms with van der Waals surface area (Å²) in [5.74, 6) is 2.53. The highest BCUT2D eigenvalue weighted by atomic mass is 16.6. The van der Waals surface area contributed by atoms with Gasteiger partial charge in [0.25, 0.3) is 0 Å². The molecular formula is C18H21NO3. The van der Waals surface area contributed by atoms with Crippen LogP contribution < -0.4 is 19.5 Å². The minimum Gasteiger partial charge on any atom is -0.494 e. The number of benzene rings is 2. The van der Waals surface area contributed by atoms with E-state index in [9.17, 15) is 0 Å². The fraction of sp³-hybridized carbons (Fsp3) is 0.333. The van der Waals surface area contributed by atoms with Crippen LogP contribution in [0.25, 0.3) is 0 Å². The van der Waals surface area contributed by atoms with E-state index < -0.39 is 0 Å². The molecule has 116 valence electrons. The van der Waals surface area contributed by atoms with Crippen LogP contribution in [-0.2, 0) is 6.54 Å². The molecule has 0 saturated heterocycles. The lowest BCUT2D eigenvalue weighted by Crippen LogP contribution is -2.15.